The normalized spacial score (nSPS) is 13.2. The number of nitrogens with two attached hydrogens (primary N) is 1. The average molecular weight is 279 g/mol. The molecule has 106 valence electrons. The van der Waals surface area contributed by atoms with Gasteiger partial charge < -0.3 is 10.5 Å². The zero-order chi connectivity index (χ0) is 14.8. The van der Waals surface area contributed by atoms with Gasteiger partial charge in [0, 0.05) is 13.2 Å². The molecule has 0 spiro atoms. The van der Waals surface area contributed by atoms with Crippen molar-refractivity contribution >= 4 is 11.8 Å². The predicted molar refractivity (Wildman–Crippen MR) is 57.1 cm³/mol. The fraction of sp³-hybridized carbons (Fsp3) is 0.500. The van der Waals surface area contributed by atoms with Gasteiger partial charge in [0.05, 0.1) is 12.2 Å². The molecule has 0 aliphatic carbocycles. The van der Waals surface area contributed by atoms with Gasteiger partial charge in [0.25, 0.3) is 0 Å². The summed E-state index contributed by atoms with van der Waals surface area (Å²) >= 11 is 0. The molecule has 6 nitrogen and oxygen atoms in total. The number of carbonyl (C=O) groups excluding carboxylic acids is 2. The third-order valence-corrected chi connectivity index (χ3v) is 2.19. The summed E-state index contributed by atoms with van der Waals surface area (Å²) in [4.78, 5) is 23.0. The summed E-state index contributed by atoms with van der Waals surface area (Å²) in [7, 11) is 1.22. The van der Waals surface area contributed by atoms with Crippen molar-refractivity contribution in [3.63, 3.8) is 0 Å². The third kappa shape index (κ3) is 3.31. The maximum Gasteiger partial charge on any atom is 0.435 e. The predicted octanol–water partition coefficient (Wildman–Crippen LogP) is 0.512. The summed E-state index contributed by atoms with van der Waals surface area (Å²) < 4.78 is 43.3. The van der Waals surface area contributed by atoms with E-state index < -0.39 is 35.2 Å². The number of alkyl halides is 3. The molecule has 2 N–H and O–H groups in total. The van der Waals surface area contributed by atoms with Gasteiger partial charge in [0.15, 0.2) is 17.5 Å². The van der Waals surface area contributed by atoms with E-state index >= 15 is 0 Å². The van der Waals surface area contributed by atoms with Gasteiger partial charge in [-0.05, 0) is 6.92 Å². The summed E-state index contributed by atoms with van der Waals surface area (Å²) in [6, 6.07) is -1.80. The smallest absolute Gasteiger partial charge is 0.435 e. The highest BCUT2D eigenvalue weighted by Gasteiger charge is 2.40. The Labute approximate surface area is 106 Å². The quantitative estimate of drug-likeness (QED) is 0.493. The molecule has 0 saturated carbocycles. The summed E-state index contributed by atoms with van der Waals surface area (Å²) in [6.07, 6.45) is -3.94. The van der Waals surface area contributed by atoms with Crippen LogP contribution in [0.1, 0.15) is 23.0 Å². The van der Waals surface area contributed by atoms with Crippen molar-refractivity contribution in [2.45, 2.75) is 19.1 Å². The van der Waals surface area contributed by atoms with Crippen LogP contribution in [0.3, 0.4) is 0 Å². The number of ketones is 1. The number of hydrogen-bond donors (Lipinski definition) is 1. The van der Waals surface area contributed by atoms with Crippen LogP contribution in [-0.4, -0.2) is 34.2 Å². The van der Waals surface area contributed by atoms with Crippen molar-refractivity contribution in [1.29, 1.82) is 0 Å². The monoisotopic (exact) mass is 279 g/mol. The fourth-order valence-corrected chi connectivity index (χ4v) is 1.38. The number of halogens is 3. The van der Waals surface area contributed by atoms with Crippen LogP contribution in [0.5, 0.6) is 0 Å². The van der Waals surface area contributed by atoms with Gasteiger partial charge in [0.2, 0.25) is 0 Å². The standard InChI is InChI=1S/C10H12F3N3O3/c1-3-19-9(18)6(14)7(17)5-4-16(2)15-8(5)10(11,12)13/h4,6H,3,14H2,1-2H3. The van der Waals surface area contributed by atoms with Gasteiger partial charge >= 0.3 is 12.1 Å². The summed E-state index contributed by atoms with van der Waals surface area (Å²) in [6.45, 7) is 1.46. The van der Waals surface area contributed by atoms with E-state index in [-0.39, 0.29) is 6.61 Å². The maximum atomic E-state index is 12.6. The van der Waals surface area contributed by atoms with Gasteiger partial charge in [-0.25, -0.2) is 4.79 Å². The number of aromatic nitrogens is 2. The van der Waals surface area contributed by atoms with Crippen molar-refractivity contribution in [2.75, 3.05) is 6.61 Å². The number of carbonyl (C=O) groups is 2. The fourth-order valence-electron chi connectivity index (χ4n) is 1.38. The first-order chi connectivity index (χ1) is 8.68. The first-order valence-corrected chi connectivity index (χ1v) is 5.25. The largest absolute Gasteiger partial charge is 0.464 e. The van der Waals surface area contributed by atoms with Crippen LogP contribution >= 0.6 is 0 Å². The minimum atomic E-state index is -4.80. The topological polar surface area (TPSA) is 87.2 Å². The van der Waals surface area contributed by atoms with E-state index in [1.807, 2.05) is 0 Å². The molecule has 1 aromatic heterocycles. The lowest BCUT2D eigenvalue weighted by Crippen LogP contribution is -2.40. The molecule has 0 fully saturated rings. The highest BCUT2D eigenvalue weighted by molar-refractivity contribution is 6.12. The highest BCUT2D eigenvalue weighted by Crippen LogP contribution is 2.31. The number of esters is 1. The van der Waals surface area contributed by atoms with Crippen LogP contribution in [0.2, 0.25) is 0 Å². The number of aryl methyl sites for hydroxylation is 1. The molecule has 0 bridgehead atoms. The Kier molecular flexibility index (Phi) is 4.30. The van der Waals surface area contributed by atoms with Crippen molar-refractivity contribution in [3.05, 3.63) is 17.5 Å². The van der Waals surface area contributed by atoms with Gasteiger partial charge in [-0.1, -0.05) is 0 Å². The summed E-state index contributed by atoms with van der Waals surface area (Å²) in [5.41, 5.74) is 3.14. The Morgan fingerprint density at radius 2 is 2.11 bits per heavy atom. The highest BCUT2D eigenvalue weighted by atomic mass is 19.4. The molecule has 1 rings (SSSR count). The lowest BCUT2D eigenvalue weighted by atomic mass is 10.1. The van der Waals surface area contributed by atoms with Crippen molar-refractivity contribution in [1.82, 2.24) is 9.78 Å². The van der Waals surface area contributed by atoms with E-state index in [0.29, 0.717) is 0 Å². The lowest BCUT2D eigenvalue weighted by Gasteiger charge is -2.10. The van der Waals surface area contributed by atoms with E-state index in [9.17, 15) is 22.8 Å². The second kappa shape index (κ2) is 5.39. The van der Waals surface area contributed by atoms with Gasteiger partial charge in [0.1, 0.15) is 0 Å². The molecule has 0 aliphatic rings. The molecule has 9 heteroatoms. The Morgan fingerprint density at radius 3 is 2.58 bits per heavy atom. The number of rotatable bonds is 4. The molecule has 1 aromatic rings. The van der Waals surface area contributed by atoms with E-state index in [1.54, 1.807) is 0 Å². The maximum absolute atomic E-state index is 12.6. The van der Waals surface area contributed by atoms with Crippen LogP contribution in [0.25, 0.3) is 0 Å². The molecule has 0 saturated heterocycles. The minimum absolute atomic E-state index is 0.0288. The SMILES string of the molecule is CCOC(=O)C(N)C(=O)c1cn(C)nc1C(F)(F)F. The minimum Gasteiger partial charge on any atom is -0.464 e. The molecule has 0 aromatic carbocycles. The Morgan fingerprint density at radius 1 is 1.53 bits per heavy atom. The second-order valence-corrected chi connectivity index (χ2v) is 3.66. The van der Waals surface area contributed by atoms with E-state index in [4.69, 9.17) is 5.73 Å². The zero-order valence-electron chi connectivity index (χ0n) is 10.2. The van der Waals surface area contributed by atoms with Crippen molar-refractivity contribution in [3.8, 4) is 0 Å². The number of nitrogens with zero attached hydrogens (tertiary/aromatic N) is 2. The van der Waals surface area contributed by atoms with Gasteiger partial charge in [-0.3, -0.25) is 9.48 Å². The van der Waals surface area contributed by atoms with Crippen molar-refractivity contribution < 1.29 is 27.5 Å². The molecule has 0 aliphatic heterocycles. The molecule has 1 heterocycles. The van der Waals surface area contributed by atoms with Gasteiger partial charge in [-0.15, -0.1) is 0 Å². The molecule has 0 radical (unpaired) electrons. The third-order valence-electron chi connectivity index (χ3n) is 2.19. The van der Waals surface area contributed by atoms with Crippen LogP contribution < -0.4 is 5.73 Å². The van der Waals surface area contributed by atoms with Gasteiger partial charge in [-0.2, -0.15) is 18.3 Å². The van der Waals surface area contributed by atoms with Crippen LogP contribution in [0, 0.1) is 0 Å². The van der Waals surface area contributed by atoms with Crippen LogP contribution in [0.4, 0.5) is 13.2 Å². The first-order valence-electron chi connectivity index (χ1n) is 5.25. The zero-order valence-corrected chi connectivity index (χ0v) is 10.2. The Hall–Kier alpha value is -1.90. The van der Waals surface area contributed by atoms with Crippen LogP contribution in [-0.2, 0) is 22.8 Å². The van der Waals surface area contributed by atoms with E-state index in [2.05, 4.69) is 9.84 Å². The van der Waals surface area contributed by atoms with E-state index in [1.165, 1.54) is 14.0 Å². The average Bonchev–Trinajstić information content (AvgIpc) is 2.69. The Bertz CT molecular complexity index is 496. The van der Waals surface area contributed by atoms with Crippen LogP contribution in [0.15, 0.2) is 6.20 Å². The van der Waals surface area contributed by atoms with Crippen molar-refractivity contribution in [2.24, 2.45) is 12.8 Å². The molecule has 19 heavy (non-hydrogen) atoms. The Balaban J connectivity index is 3.10. The second-order valence-electron chi connectivity index (χ2n) is 3.66. The molecular formula is C10H12F3N3O3. The summed E-state index contributed by atoms with van der Waals surface area (Å²) in [5.74, 6) is -2.26. The number of hydrogen-bond acceptors (Lipinski definition) is 5. The first kappa shape index (κ1) is 15.2. The number of ether oxygens (including phenoxy) is 1. The molecule has 0 amide bonds. The molecular weight excluding hydrogens is 267 g/mol. The lowest BCUT2D eigenvalue weighted by molar-refractivity contribution is -0.144. The summed E-state index contributed by atoms with van der Waals surface area (Å²) in [5, 5.41) is 3.15. The van der Waals surface area contributed by atoms with E-state index in [0.717, 1.165) is 10.9 Å². The molecule has 1 atom stereocenters. The molecule has 1 unspecified atom stereocenters. The number of Topliss-reactive ketones (excluding diaryl/α,β-unsaturated/α-hetero) is 1.